The van der Waals surface area contributed by atoms with E-state index < -0.39 is 12.3 Å². The molecule has 0 aliphatic carbocycles. The van der Waals surface area contributed by atoms with Gasteiger partial charge >= 0.3 is 6.36 Å². The number of amides is 1. The molecule has 0 heterocycles. The number of aryl methyl sites for hydroxylation is 1. The molecule has 0 bridgehead atoms. The molecular weight excluding hydrogens is 311 g/mol. The molecule has 0 unspecified atom stereocenters. The third-order valence-electron chi connectivity index (χ3n) is 3.03. The van der Waals surface area contributed by atoms with Crippen LogP contribution in [0.4, 0.5) is 13.2 Å². The lowest BCUT2D eigenvalue weighted by atomic mass is 10.1. The first-order valence-electron chi connectivity index (χ1n) is 6.68. The number of halogens is 3. The van der Waals surface area contributed by atoms with Crippen molar-refractivity contribution < 1.29 is 27.8 Å². The van der Waals surface area contributed by atoms with Crippen LogP contribution in [0.3, 0.4) is 0 Å². The Labute approximate surface area is 130 Å². The zero-order valence-electron chi connectivity index (χ0n) is 12.1. The largest absolute Gasteiger partial charge is 0.573 e. The first kappa shape index (κ1) is 16.7. The van der Waals surface area contributed by atoms with Crippen LogP contribution in [0.15, 0.2) is 42.5 Å². The van der Waals surface area contributed by atoms with Crippen LogP contribution >= 0.6 is 0 Å². The number of rotatable bonds is 4. The van der Waals surface area contributed by atoms with Gasteiger partial charge in [-0.2, -0.15) is 0 Å². The number of hydrogen-bond acceptors (Lipinski definition) is 3. The van der Waals surface area contributed by atoms with Crippen molar-refractivity contribution in [2.24, 2.45) is 0 Å². The van der Waals surface area contributed by atoms with Crippen molar-refractivity contribution in [1.82, 2.24) is 5.32 Å². The van der Waals surface area contributed by atoms with Crippen molar-refractivity contribution in [1.29, 1.82) is 0 Å². The molecule has 122 valence electrons. The first-order valence-corrected chi connectivity index (χ1v) is 6.68. The summed E-state index contributed by atoms with van der Waals surface area (Å²) in [5.74, 6) is -1.17. The maximum atomic E-state index is 12.3. The van der Waals surface area contributed by atoms with Crippen molar-refractivity contribution in [2.75, 3.05) is 0 Å². The number of carbonyl (C=O) groups is 1. The van der Waals surface area contributed by atoms with Gasteiger partial charge in [0.15, 0.2) is 0 Å². The molecule has 2 N–H and O–H groups in total. The molecule has 23 heavy (non-hydrogen) atoms. The second-order valence-electron chi connectivity index (χ2n) is 4.86. The molecule has 0 atom stereocenters. The number of hydrogen-bond donors (Lipinski definition) is 2. The number of phenolic OH excluding ortho intramolecular Hbond substituents is 1. The Morgan fingerprint density at radius 2 is 1.91 bits per heavy atom. The minimum absolute atomic E-state index is 0.0548. The molecule has 7 heteroatoms. The summed E-state index contributed by atoms with van der Waals surface area (Å²) in [7, 11) is 0. The average molecular weight is 325 g/mol. The number of ether oxygens (including phenoxy) is 1. The third-order valence-corrected chi connectivity index (χ3v) is 3.03. The van der Waals surface area contributed by atoms with Gasteiger partial charge in [0.05, 0.1) is 5.56 Å². The first-order chi connectivity index (χ1) is 10.8. The zero-order chi connectivity index (χ0) is 17.0. The van der Waals surface area contributed by atoms with E-state index in [0.29, 0.717) is 0 Å². The highest BCUT2D eigenvalue weighted by Crippen LogP contribution is 2.26. The van der Waals surface area contributed by atoms with Crippen LogP contribution < -0.4 is 10.1 Å². The van der Waals surface area contributed by atoms with Crippen LogP contribution in [-0.4, -0.2) is 17.4 Å². The van der Waals surface area contributed by atoms with E-state index in [0.717, 1.165) is 5.56 Å². The lowest BCUT2D eigenvalue weighted by molar-refractivity contribution is -0.274. The van der Waals surface area contributed by atoms with Crippen LogP contribution in [-0.2, 0) is 6.54 Å². The van der Waals surface area contributed by atoms with Gasteiger partial charge < -0.3 is 15.2 Å². The molecule has 2 aromatic carbocycles. The summed E-state index contributed by atoms with van der Waals surface area (Å²) in [5, 5.41) is 12.1. The van der Waals surface area contributed by atoms with Gasteiger partial charge in [0.1, 0.15) is 11.5 Å². The molecule has 0 aliphatic heterocycles. The van der Waals surface area contributed by atoms with E-state index in [2.05, 4.69) is 10.1 Å². The van der Waals surface area contributed by atoms with Gasteiger partial charge in [-0.3, -0.25) is 4.79 Å². The second kappa shape index (κ2) is 6.60. The average Bonchev–Trinajstić information content (AvgIpc) is 2.47. The lowest BCUT2D eigenvalue weighted by Gasteiger charge is -2.14. The van der Waals surface area contributed by atoms with Gasteiger partial charge in [-0.1, -0.05) is 29.8 Å². The minimum atomic E-state index is -4.81. The number of benzene rings is 2. The highest BCUT2D eigenvalue weighted by Gasteiger charge is 2.32. The number of carbonyl (C=O) groups excluding carboxylic acids is 1. The van der Waals surface area contributed by atoms with Crippen LogP contribution in [0.2, 0.25) is 0 Å². The molecule has 2 aromatic rings. The molecular formula is C16H14F3NO3. The molecule has 0 fully saturated rings. The van der Waals surface area contributed by atoms with E-state index >= 15 is 0 Å². The molecule has 1 amide bonds. The van der Waals surface area contributed by atoms with Crippen LogP contribution in [0.25, 0.3) is 0 Å². The minimum Gasteiger partial charge on any atom is -0.507 e. The molecule has 4 nitrogen and oxygen atoms in total. The standard InChI is InChI=1S/C16H14F3NO3/c1-10-6-7-13(21)12(8-10)15(22)20-9-11-4-2-3-5-14(11)23-16(17,18)19/h2-8,21H,9H2,1H3,(H,20,22). The van der Waals surface area contributed by atoms with Crippen LogP contribution in [0, 0.1) is 6.92 Å². The summed E-state index contributed by atoms with van der Waals surface area (Å²) >= 11 is 0. The Morgan fingerprint density at radius 3 is 2.61 bits per heavy atom. The van der Waals surface area contributed by atoms with Gasteiger partial charge in [-0.15, -0.1) is 13.2 Å². The fraction of sp³-hybridized carbons (Fsp3) is 0.188. The maximum Gasteiger partial charge on any atom is 0.573 e. The predicted molar refractivity (Wildman–Crippen MR) is 77.1 cm³/mol. The number of para-hydroxylation sites is 1. The number of aromatic hydroxyl groups is 1. The van der Waals surface area contributed by atoms with Crippen LogP contribution in [0.5, 0.6) is 11.5 Å². The highest BCUT2D eigenvalue weighted by molar-refractivity contribution is 5.96. The monoisotopic (exact) mass is 325 g/mol. The molecule has 0 saturated carbocycles. The van der Waals surface area contributed by atoms with E-state index in [-0.39, 0.29) is 29.2 Å². The van der Waals surface area contributed by atoms with Crippen molar-refractivity contribution in [2.45, 2.75) is 19.8 Å². The quantitative estimate of drug-likeness (QED) is 0.904. The SMILES string of the molecule is Cc1ccc(O)c(C(=O)NCc2ccccc2OC(F)(F)F)c1. The normalized spacial score (nSPS) is 11.1. The van der Waals surface area contributed by atoms with Gasteiger partial charge in [-0.05, 0) is 25.1 Å². The van der Waals surface area contributed by atoms with Gasteiger partial charge in [-0.25, -0.2) is 0 Å². The summed E-state index contributed by atoms with van der Waals surface area (Å²) in [4.78, 5) is 12.1. The summed E-state index contributed by atoms with van der Waals surface area (Å²) in [6, 6.07) is 10.0. The van der Waals surface area contributed by atoms with E-state index in [1.165, 1.54) is 36.4 Å². The van der Waals surface area contributed by atoms with Crippen LogP contribution in [0.1, 0.15) is 21.5 Å². The fourth-order valence-electron chi connectivity index (χ4n) is 1.98. The summed E-state index contributed by atoms with van der Waals surface area (Å²) in [6.07, 6.45) is -4.81. The van der Waals surface area contributed by atoms with Crippen molar-refractivity contribution >= 4 is 5.91 Å². The Hall–Kier alpha value is -2.70. The third kappa shape index (κ3) is 4.64. The predicted octanol–water partition coefficient (Wildman–Crippen LogP) is 3.53. The molecule has 0 aliphatic rings. The molecule has 0 aromatic heterocycles. The van der Waals surface area contributed by atoms with Crippen molar-refractivity contribution in [3.05, 3.63) is 59.2 Å². The summed E-state index contributed by atoms with van der Waals surface area (Å²) < 4.78 is 40.9. The number of nitrogens with one attached hydrogen (secondary N) is 1. The topological polar surface area (TPSA) is 58.6 Å². The molecule has 0 saturated heterocycles. The van der Waals surface area contributed by atoms with E-state index in [9.17, 15) is 23.1 Å². The lowest BCUT2D eigenvalue weighted by Crippen LogP contribution is -2.24. The van der Waals surface area contributed by atoms with Gasteiger partial charge in [0.25, 0.3) is 5.91 Å². The Bertz CT molecular complexity index is 714. The Morgan fingerprint density at radius 1 is 1.22 bits per heavy atom. The maximum absolute atomic E-state index is 12.3. The number of alkyl halides is 3. The van der Waals surface area contributed by atoms with Gasteiger partial charge in [0.2, 0.25) is 0 Å². The zero-order valence-corrected chi connectivity index (χ0v) is 12.1. The van der Waals surface area contributed by atoms with Gasteiger partial charge in [0, 0.05) is 12.1 Å². The smallest absolute Gasteiger partial charge is 0.507 e. The Kier molecular flexibility index (Phi) is 4.78. The van der Waals surface area contributed by atoms with Crippen molar-refractivity contribution in [3.8, 4) is 11.5 Å². The molecule has 0 spiro atoms. The summed E-state index contributed by atoms with van der Waals surface area (Å²) in [6.45, 7) is 1.58. The van der Waals surface area contributed by atoms with Crippen molar-refractivity contribution in [3.63, 3.8) is 0 Å². The fourth-order valence-corrected chi connectivity index (χ4v) is 1.98. The molecule has 0 radical (unpaired) electrons. The second-order valence-corrected chi connectivity index (χ2v) is 4.86. The Balaban J connectivity index is 2.12. The highest BCUT2D eigenvalue weighted by atomic mass is 19.4. The number of phenols is 1. The molecule has 2 rings (SSSR count). The van der Waals surface area contributed by atoms with E-state index in [4.69, 9.17) is 0 Å². The van der Waals surface area contributed by atoms with E-state index in [1.54, 1.807) is 13.0 Å². The summed E-state index contributed by atoms with van der Waals surface area (Å²) in [5.41, 5.74) is 0.998. The van der Waals surface area contributed by atoms with E-state index in [1.807, 2.05) is 0 Å².